The van der Waals surface area contributed by atoms with Gasteiger partial charge in [0.25, 0.3) is 0 Å². The normalized spacial score (nSPS) is 11.0. The minimum atomic E-state index is 0.616. The molecule has 7 heteroatoms. The molecule has 0 saturated heterocycles. The molecule has 0 fully saturated rings. The Morgan fingerprint density at radius 3 is 2.36 bits per heavy atom. The summed E-state index contributed by atoms with van der Waals surface area (Å²) >= 11 is 1.58. The third-order valence-electron chi connectivity index (χ3n) is 5.23. The van der Waals surface area contributed by atoms with Crippen LogP contribution in [0.25, 0.3) is 28.5 Å². The van der Waals surface area contributed by atoms with Crippen LogP contribution in [0.15, 0.2) is 94.5 Å². The van der Waals surface area contributed by atoms with Crippen molar-refractivity contribution in [2.24, 2.45) is 0 Å². The molecule has 0 aliphatic heterocycles. The van der Waals surface area contributed by atoms with Crippen LogP contribution >= 0.6 is 11.8 Å². The molecule has 0 aliphatic carbocycles. The number of aryl methyl sites for hydroxylation is 1. The Morgan fingerprint density at radius 2 is 1.61 bits per heavy atom. The number of thioether (sulfide) groups is 1. The maximum Gasteiger partial charge on any atom is 0.226 e. The van der Waals surface area contributed by atoms with Gasteiger partial charge < -0.3 is 9.15 Å². The maximum absolute atomic E-state index is 5.92. The van der Waals surface area contributed by atoms with E-state index in [0.717, 1.165) is 45.0 Å². The molecule has 5 aromatic rings. The average Bonchev–Trinajstić information content (AvgIpc) is 3.47. The summed E-state index contributed by atoms with van der Waals surface area (Å²) in [5, 5.41) is 9.81. The third-order valence-corrected chi connectivity index (χ3v) is 6.17. The number of ether oxygens (including phenoxy) is 1. The van der Waals surface area contributed by atoms with Crippen molar-refractivity contribution in [3.8, 4) is 34.3 Å². The molecule has 0 N–H and O–H groups in total. The van der Waals surface area contributed by atoms with Crippen molar-refractivity contribution in [2.75, 3.05) is 7.11 Å². The summed E-state index contributed by atoms with van der Waals surface area (Å²) in [6.45, 7) is 1.94. The van der Waals surface area contributed by atoms with Gasteiger partial charge in [-0.2, -0.15) is 0 Å². The van der Waals surface area contributed by atoms with E-state index in [1.807, 2.05) is 91.9 Å². The van der Waals surface area contributed by atoms with Crippen LogP contribution in [0.2, 0.25) is 0 Å². The molecular weight excluding hydrogens is 432 g/mol. The molecular formula is C26H22N4O2S. The van der Waals surface area contributed by atoms with E-state index in [0.29, 0.717) is 11.6 Å². The molecule has 5 rings (SSSR count). The van der Waals surface area contributed by atoms with E-state index in [9.17, 15) is 0 Å². The van der Waals surface area contributed by atoms with Gasteiger partial charge in [-0.3, -0.25) is 4.57 Å². The highest BCUT2D eigenvalue weighted by atomic mass is 32.2. The van der Waals surface area contributed by atoms with Gasteiger partial charge in [0.1, 0.15) is 11.5 Å². The molecule has 164 valence electrons. The van der Waals surface area contributed by atoms with Gasteiger partial charge in [-0.05, 0) is 43.3 Å². The van der Waals surface area contributed by atoms with Gasteiger partial charge in [-0.25, -0.2) is 4.98 Å². The zero-order valence-corrected chi connectivity index (χ0v) is 19.1. The van der Waals surface area contributed by atoms with Gasteiger partial charge in [-0.15, -0.1) is 10.2 Å². The van der Waals surface area contributed by atoms with Crippen LogP contribution in [0.3, 0.4) is 0 Å². The molecule has 0 radical (unpaired) electrons. The molecule has 3 aromatic carbocycles. The number of hydrogen-bond acceptors (Lipinski definition) is 6. The highest BCUT2D eigenvalue weighted by molar-refractivity contribution is 7.98. The average molecular weight is 455 g/mol. The van der Waals surface area contributed by atoms with Crippen LogP contribution in [0.1, 0.15) is 11.5 Å². The summed E-state index contributed by atoms with van der Waals surface area (Å²) in [7, 11) is 1.66. The fourth-order valence-electron chi connectivity index (χ4n) is 3.52. The molecule has 0 spiro atoms. The Labute approximate surface area is 196 Å². The molecule has 0 saturated carbocycles. The predicted octanol–water partition coefficient (Wildman–Crippen LogP) is 6.20. The molecule has 0 atom stereocenters. The third kappa shape index (κ3) is 4.40. The number of methoxy groups -OCH3 is 1. The van der Waals surface area contributed by atoms with Crippen molar-refractivity contribution in [1.82, 2.24) is 19.7 Å². The SMILES string of the molecule is COc1cccc(-c2nnc(SCc3nc(-c4ccccc4)oc3C)n2-c2ccccc2)c1. The summed E-state index contributed by atoms with van der Waals surface area (Å²) in [6, 6.07) is 27.9. The second-order valence-electron chi connectivity index (χ2n) is 7.39. The lowest BCUT2D eigenvalue weighted by Crippen LogP contribution is -2.00. The first kappa shape index (κ1) is 21.0. The minimum Gasteiger partial charge on any atom is -0.497 e. The van der Waals surface area contributed by atoms with Crippen molar-refractivity contribution >= 4 is 11.8 Å². The Balaban J connectivity index is 1.48. The first-order valence-electron chi connectivity index (χ1n) is 10.5. The largest absolute Gasteiger partial charge is 0.497 e. The molecule has 0 amide bonds. The highest BCUT2D eigenvalue weighted by Gasteiger charge is 2.18. The molecule has 33 heavy (non-hydrogen) atoms. The van der Waals surface area contributed by atoms with E-state index in [2.05, 4.69) is 14.8 Å². The van der Waals surface area contributed by atoms with Crippen LogP contribution in [0, 0.1) is 6.92 Å². The lowest BCUT2D eigenvalue weighted by molar-refractivity contribution is 0.415. The smallest absolute Gasteiger partial charge is 0.226 e. The van der Waals surface area contributed by atoms with Gasteiger partial charge in [0.2, 0.25) is 5.89 Å². The van der Waals surface area contributed by atoms with Crippen LogP contribution in [-0.2, 0) is 5.75 Å². The van der Waals surface area contributed by atoms with Gasteiger partial charge in [0.05, 0.1) is 12.8 Å². The number of hydrogen-bond donors (Lipinski definition) is 0. The van der Waals surface area contributed by atoms with Gasteiger partial charge in [0.15, 0.2) is 11.0 Å². The van der Waals surface area contributed by atoms with E-state index < -0.39 is 0 Å². The maximum atomic E-state index is 5.92. The lowest BCUT2D eigenvalue weighted by Gasteiger charge is -2.10. The number of benzene rings is 3. The molecule has 2 heterocycles. The number of oxazole rings is 1. The number of nitrogens with zero attached hydrogens (tertiary/aromatic N) is 4. The standard InChI is InChI=1S/C26H22N4O2S/c1-18-23(27-25(32-18)19-10-5-3-6-11-19)17-33-26-29-28-24(20-12-9-15-22(16-20)31-2)30(26)21-13-7-4-8-14-21/h3-16H,17H2,1-2H3. The van der Waals surface area contributed by atoms with E-state index in [-0.39, 0.29) is 0 Å². The summed E-state index contributed by atoms with van der Waals surface area (Å²) in [5.74, 6) is 3.58. The summed E-state index contributed by atoms with van der Waals surface area (Å²) < 4.78 is 13.4. The van der Waals surface area contributed by atoms with Gasteiger partial charge in [-0.1, -0.05) is 60.3 Å². The minimum absolute atomic E-state index is 0.616. The van der Waals surface area contributed by atoms with Gasteiger partial charge >= 0.3 is 0 Å². The Bertz CT molecular complexity index is 1360. The zero-order chi connectivity index (χ0) is 22.6. The van der Waals surface area contributed by atoms with Crippen molar-refractivity contribution in [1.29, 1.82) is 0 Å². The second-order valence-corrected chi connectivity index (χ2v) is 8.33. The molecule has 2 aromatic heterocycles. The topological polar surface area (TPSA) is 66.0 Å². The highest BCUT2D eigenvalue weighted by Crippen LogP contribution is 2.32. The van der Waals surface area contributed by atoms with Crippen LogP contribution < -0.4 is 4.74 Å². The number of para-hydroxylation sites is 1. The fourth-order valence-corrected chi connectivity index (χ4v) is 4.47. The van der Waals surface area contributed by atoms with Crippen LogP contribution in [0.4, 0.5) is 0 Å². The predicted molar refractivity (Wildman–Crippen MR) is 130 cm³/mol. The van der Waals surface area contributed by atoms with E-state index in [4.69, 9.17) is 14.1 Å². The van der Waals surface area contributed by atoms with Gasteiger partial charge in [0, 0.05) is 22.6 Å². The number of rotatable bonds is 7. The summed E-state index contributed by atoms with van der Waals surface area (Å²) in [5.41, 5.74) is 3.78. The Hall–Kier alpha value is -3.84. The van der Waals surface area contributed by atoms with Crippen molar-refractivity contribution in [2.45, 2.75) is 17.8 Å². The van der Waals surface area contributed by atoms with E-state index in [1.54, 1.807) is 18.9 Å². The quantitative estimate of drug-likeness (QED) is 0.273. The number of aromatic nitrogens is 4. The first-order chi connectivity index (χ1) is 16.2. The van der Waals surface area contributed by atoms with E-state index in [1.165, 1.54) is 0 Å². The molecule has 0 aliphatic rings. The first-order valence-corrected chi connectivity index (χ1v) is 11.5. The zero-order valence-electron chi connectivity index (χ0n) is 18.3. The Morgan fingerprint density at radius 1 is 0.879 bits per heavy atom. The molecule has 6 nitrogen and oxygen atoms in total. The Kier molecular flexibility index (Phi) is 5.95. The van der Waals surface area contributed by atoms with Crippen molar-refractivity contribution in [3.63, 3.8) is 0 Å². The monoisotopic (exact) mass is 454 g/mol. The summed E-state index contributed by atoms with van der Waals surface area (Å²) in [4.78, 5) is 4.72. The second kappa shape index (κ2) is 9.34. The molecule has 0 bridgehead atoms. The van der Waals surface area contributed by atoms with E-state index >= 15 is 0 Å². The van der Waals surface area contributed by atoms with Crippen molar-refractivity contribution in [3.05, 3.63) is 96.4 Å². The van der Waals surface area contributed by atoms with Crippen molar-refractivity contribution < 1.29 is 9.15 Å². The molecule has 0 unspecified atom stereocenters. The van der Waals surface area contributed by atoms with Crippen LogP contribution in [-0.4, -0.2) is 26.9 Å². The lowest BCUT2D eigenvalue weighted by atomic mass is 10.2. The van der Waals surface area contributed by atoms with Crippen LogP contribution in [0.5, 0.6) is 5.75 Å². The fraction of sp³-hybridized carbons (Fsp3) is 0.115. The summed E-state index contributed by atoms with van der Waals surface area (Å²) in [6.07, 6.45) is 0.